The van der Waals surface area contributed by atoms with Crippen LogP contribution in [0.4, 0.5) is 4.39 Å². The first-order chi connectivity index (χ1) is 7.08. The molecule has 0 aliphatic carbocycles. The Balaban J connectivity index is 2.65. The first-order valence-electron chi connectivity index (χ1n) is 4.24. The molecule has 1 aromatic carbocycles. The van der Waals surface area contributed by atoms with Crippen molar-refractivity contribution < 1.29 is 14.3 Å². The summed E-state index contributed by atoms with van der Waals surface area (Å²) < 4.78 is 14.3. The lowest BCUT2D eigenvalue weighted by molar-refractivity contribution is -0.137. The number of fused-ring (bicyclic) bond motifs is 1. The van der Waals surface area contributed by atoms with Gasteiger partial charge in [-0.2, -0.15) is 0 Å². The minimum atomic E-state index is -1.02. The molecule has 1 heterocycles. The second-order valence-corrected chi connectivity index (χ2v) is 3.54. The van der Waals surface area contributed by atoms with Crippen LogP contribution in [-0.2, 0) is 11.3 Å². The molecule has 0 spiro atoms. The highest BCUT2D eigenvalue weighted by atomic mass is 35.5. The molecule has 0 radical (unpaired) electrons. The van der Waals surface area contributed by atoms with Crippen molar-refractivity contribution in [2.24, 2.45) is 0 Å². The molecular formula is C10H7ClFNO2. The number of carboxylic acids is 1. The van der Waals surface area contributed by atoms with Gasteiger partial charge < -0.3 is 9.67 Å². The maximum Gasteiger partial charge on any atom is 0.323 e. The summed E-state index contributed by atoms with van der Waals surface area (Å²) in [5.41, 5.74) is 0.488. The van der Waals surface area contributed by atoms with Gasteiger partial charge in [0.25, 0.3) is 0 Å². The molecular weight excluding hydrogens is 221 g/mol. The number of benzene rings is 1. The fourth-order valence-corrected chi connectivity index (χ4v) is 1.76. The Bertz CT molecular complexity index is 535. The van der Waals surface area contributed by atoms with Crippen LogP contribution in [0.15, 0.2) is 24.3 Å². The number of halogens is 2. The van der Waals surface area contributed by atoms with Gasteiger partial charge in [0.1, 0.15) is 17.5 Å². The molecule has 0 fully saturated rings. The van der Waals surface area contributed by atoms with Crippen LogP contribution in [-0.4, -0.2) is 15.6 Å². The lowest BCUT2D eigenvalue weighted by Crippen LogP contribution is -2.08. The Morgan fingerprint density at radius 1 is 1.47 bits per heavy atom. The third-order valence-corrected chi connectivity index (χ3v) is 2.42. The van der Waals surface area contributed by atoms with Gasteiger partial charge in [0.2, 0.25) is 0 Å². The predicted octanol–water partition coefficient (Wildman–Crippen LogP) is 2.52. The molecule has 0 unspecified atom stereocenters. The zero-order valence-corrected chi connectivity index (χ0v) is 8.33. The first kappa shape index (κ1) is 9.98. The SMILES string of the molecule is O=C(O)Cn1c(Cl)cc2ccc(F)cc21. The van der Waals surface area contributed by atoms with Crippen molar-refractivity contribution in [3.8, 4) is 0 Å². The van der Waals surface area contributed by atoms with Crippen LogP contribution in [0.25, 0.3) is 10.9 Å². The van der Waals surface area contributed by atoms with Crippen molar-refractivity contribution in [3.63, 3.8) is 0 Å². The highest BCUT2D eigenvalue weighted by molar-refractivity contribution is 6.31. The summed E-state index contributed by atoms with van der Waals surface area (Å²) in [6.45, 7) is -0.272. The summed E-state index contributed by atoms with van der Waals surface area (Å²) in [5, 5.41) is 9.68. The molecule has 0 aliphatic heterocycles. The Kier molecular flexibility index (Phi) is 2.36. The van der Waals surface area contributed by atoms with Gasteiger partial charge in [-0.25, -0.2) is 4.39 Å². The molecule has 1 N–H and O–H groups in total. The molecule has 1 aromatic heterocycles. The molecule has 0 saturated heterocycles. The molecule has 2 rings (SSSR count). The molecule has 78 valence electrons. The highest BCUT2D eigenvalue weighted by Gasteiger charge is 2.10. The van der Waals surface area contributed by atoms with Crippen LogP contribution in [0.1, 0.15) is 0 Å². The molecule has 0 amide bonds. The maximum atomic E-state index is 13.0. The van der Waals surface area contributed by atoms with Crippen molar-refractivity contribution in [1.29, 1.82) is 0 Å². The zero-order chi connectivity index (χ0) is 11.0. The monoisotopic (exact) mass is 227 g/mol. The van der Waals surface area contributed by atoms with E-state index in [0.717, 1.165) is 5.39 Å². The molecule has 0 atom stereocenters. The van der Waals surface area contributed by atoms with Crippen molar-refractivity contribution in [2.75, 3.05) is 0 Å². The van der Waals surface area contributed by atoms with Gasteiger partial charge in [-0.1, -0.05) is 11.6 Å². The second kappa shape index (κ2) is 3.55. The van der Waals surface area contributed by atoms with Gasteiger partial charge in [-0.15, -0.1) is 0 Å². The van der Waals surface area contributed by atoms with E-state index in [0.29, 0.717) is 5.52 Å². The van der Waals surface area contributed by atoms with E-state index in [-0.39, 0.29) is 11.7 Å². The average Bonchev–Trinajstić information content (AvgIpc) is 2.43. The lowest BCUT2D eigenvalue weighted by atomic mass is 10.2. The van der Waals surface area contributed by atoms with Crippen LogP contribution in [0.2, 0.25) is 5.15 Å². The smallest absolute Gasteiger partial charge is 0.323 e. The third-order valence-electron chi connectivity index (χ3n) is 2.11. The minimum absolute atomic E-state index is 0.272. The highest BCUT2D eigenvalue weighted by Crippen LogP contribution is 2.24. The number of nitrogens with zero attached hydrogens (tertiary/aromatic N) is 1. The first-order valence-corrected chi connectivity index (χ1v) is 4.62. The van der Waals surface area contributed by atoms with Gasteiger partial charge in [-0.05, 0) is 24.3 Å². The van der Waals surface area contributed by atoms with Crippen LogP contribution in [0.5, 0.6) is 0 Å². The van der Waals surface area contributed by atoms with Crippen molar-refractivity contribution in [3.05, 3.63) is 35.2 Å². The Labute approximate surface area is 89.7 Å². The molecule has 2 aromatic rings. The molecule has 0 aliphatic rings. The van der Waals surface area contributed by atoms with E-state index in [9.17, 15) is 9.18 Å². The number of hydrogen-bond donors (Lipinski definition) is 1. The average molecular weight is 228 g/mol. The fraction of sp³-hybridized carbons (Fsp3) is 0.100. The molecule has 3 nitrogen and oxygen atoms in total. The summed E-state index contributed by atoms with van der Waals surface area (Å²) in [6, 6.07) is 5.75. The molecule has 0 bridgehead atoms. The zero-order valence-electron chi connectivity index (χ0n) is 7.58. The van der Waals surface area contributed by atoms with Crippen molar-refractivity contribution in [2.45, 2.75) is 6.54 Å². The van der Waals surface area contributed by atoms with E-state index in [2.05, 4.69) is 0 Å². The van der Waals surface area contributed by atoms with Gasteiger partial charge in [0.15, 0.2) is 0 Å². The molecule has 5 heteroatoms. The van der Waals surface area contributed by atoms with Crippen LogP contribution in [0, 0.1) is 5.82 Å². The lowest BCUT2D eigenvalue weighted by Gasteiger charge is -2.02. The topological polar surface area (TPSA) is 42.2 Å². The molecule has 0 saturated carbocycles. The van der Waals surface area contributed by atoms with Gasteiger partial charge in [0.05, 0.1) is 5.52 Å². The van der Waals surface area contributed by atoms with E-state index >= 15 is 0 Å². The van der Waals surface area contributed by atoms with E-state index in [4.69, 9.17) is 16.7 Å². The summed E-state index contributed by atoms with van der Waals surface area (Å²) in [5.74, 6) is -1.43. The predicted molar refractivity (Wildman–Crippen MR) is 54.5 cm³/mol. The van der Waals surface area contributed by atoms with Gasteiger partial charge >= 0.3 is 5.97 Å². The van der Waals surface area contributed by atoms with E-state index in [1.807, 2.05) is 0 Å². The summed E-state index contributed by atoms with van der Waals surface area (Å²) in [6.07, 6.45) is 0. The summed E-state index contributed by atoms with van der Waals surface area (Å²) in [7, 11) is 0. The number of carboxylic acid groups (broad SMARTS) is 1. The summed E-state index contributed by atoms with van der Waals surface area (Å²) >= 11 is 5.84. The van der Waals surface area contributed by atoms with Crippen LogP contribution < -0.4 is 0 Å². The van der Waals surface area contributed by atoms with Gasteiger partial charge in [0, 0.05) is 5.39 Å². The standard InChI is InChI=1S/C10H7ClFNO2/c11-9-3-6-1-2-7(12)4-8(6)13(9)5-10(14)15/h1-4H,5H2,(H,14,15). The van der Waals surface area contributed by atoms with Crippen LogP contribution >= 0.6 is 11.6 Å². The normalized spacial score (nSPS) is 10.8. The number of aromatic nitrogens is 1. The minimum Gasteiger partial charge on any atom is -0.480 e. The Morgan fingerprint density at radius 2 is 2.20 bits per heavy atom. The quantitative estimate of drug-likeness (QED) is 0.857. The van der Waals surface area contributed by atoms with Crippen molar-refractivity contribution >= 4 is 28.5 Å². The number of hydrogen-bond acceptors (Lipinski definition) is 1. The van der Waals surface area contributed by atoms with E-state index < -0.39 is 11.8 Å². The van der Waals surface area contributed by atoms with Crippen molar-refractivity contribution in [1.82, 2.24) is 4.57 Å². The fourth-order valence-electron chi connectivity index (χ4n) is 1.49. The largest absolute Gasteiger partial charge is 0.480 e. The third kappa shape index (κ3) is 1.80. The molecule has 15 heavy (non-hydrogen) atoms. The number of rotatable bonds is 2. The van der Waals surface area contributed by atoms with Gasteiger partial charge in [-0.3, -0.25) is 4.79 Å². The number of aliphatic carboxylic acids is 1. The maximum absolute atomic E-state index is 13.0. The second-order valence-electron chi connectivity index (χ2n) is 3.15. The van der Waals surface area contributed by atoms with E-state index in [1.165, 1.54) is 16.7 Å². The van der Waals surface area contributed by atoms with Crippen LogP contribution in [0.3, 0.4) is 0 Å². The van der Waals surface area contributed by atoms with E-state index in [1.54, 1.807) is 12.1 Å². The Hall–Kier alpha value is -1.55. The number of carbonyl (C=O) groups is 1. The Morgan fingerprint density at radius 3 is 2.87 bits per heavy atom. The summed E-state index contributed by atoms with van der Waals surface area (Å²) in [4.78, 5) is 10.6.